The number of rotatable bonds is 7. The summed E-state index contributed by atoms with van der Waals surface area (Å²) in [5, 5.41) is 17.3. The highest BCUT2D eigenvalue weighted by Gasteiger charge is 2.18. The molecule has 0 spiro atoms. The molecular formula is C27H27N9. The lowest BCUT2D eigenvalue weighted by atomic mass is 10.1. The van der Waals surface area contributed by atoms with Gasteiger partial charge in [-0.05, 0) is 55.5 Å². The minimum atomic E-state index is 0.485. The first-order valence-electron chi connectivity index (χ1n) is 11.8. The fourth-order valence-electron chi connectivity index (χ4n) is 4.25. The monoisotopic (exact) mass is 477 g/mol. The average molecular weight is 478 g/mol. The lowest BCUT2D eigenvalue weighted by Gasteiger charge is -2.35. The van der Waals surface area contributed by atoms with E-state index in [4.69, 9.17) is 4.98 Å². The Morgan fingerprint density at radius 1 is 1.03 bits per heavy atom. The van der Waals surface area contributed by atoms with E-state index in [9.17, 15) is 5.26 Å². The van der Waals surface area contributed by atoms with Crippen molar-refractivity contribution in [3.63, 3.8) is 0 Å². The van der Waals surface area contributed by atoms with Crippen LogP contribution in [0.25, 0.3) is 16.9 Å². The number of hydrogen-bond donors (Lipinski definition) is 1. The highest BCUT2D eigenvalue weighted by atomic mass is 15.3. The third-order valence-corrected chi connectivity index (χ3v) is 6.12. The van der Waals surface area contributed by atoms with E-state index in [-0.39, 0.29) is 0 Å². The molecule has 2 aromatic carbocycles. The Bertz CT molecular complexity index is 1390. The van der Waals surface area contributed by atoms with Crippen molar-refractivity contribution in [2.24, 2.45) is 0 Å². The molecule has 1 fully saturated rings. The van der Waals surface area contributed by atoms with Gasteiger partial charge in [0.25, 0.3) is 0 Å². The van der Waals surface area contributed by atoms with Crippen LogP contribution < -0.4 is 10.2 Å². The van der Waals surface area contributed by atoms with Crippen LogP contribution in [-0.2, 0) is 0 Å². The van der Waals surface area contributed by atoms with E-state index in [1.165, 1.54) is 0 Å². The van der Waals surface area contributed by atoms with Gasteiger partial charge in [0.05, 0.1) is 23.0 Å². The first-order valence-corrected chi connectivity index (χ1v) is 11.8. The van der Waals surface area contributed by atoms with Crippen LogP contribution in [0, 0.1) is 18.3 Å². The average Bonchev–Trinajstić information content (AvgIpc) is 3.36. The minimum Gasteiger partial charge on any atom is -0.369 e. The number of aryl methyl sites for hydroxylation is 1. The number of aromatic nitrogens is 5. The second-order valence-electron chi connectivity index (χ2n) is 8.63. The number of nitriles is 1. The van der Waals surface area contributed by atoms with Crippen molar-refractivity contribution >= 4 is 17.3 Å². The quantitative estimate of drug-likeness (QED) is 0.400. The van der Waals surface area contributed by atoms with Crippen molar-refractivity contribution in [3.05, 3.63) is 85.1 Å². The van der Waals surface area contributed by atoms with Gasteiger partial charge in [0.1, 0.15) is 12.2 Å². The van der Waals surface area contributed by atoms with Crippen LogP contribution in [0.4, 0.5) is 17.3 Å². The van der Waals surface area contributed by atoms with Crippen molar-refractivity contribution in [1.82, 2.24) is 29.6 Å². The van der Waals surface area contributed by atoms with E-state index in [0.717, 1.165) is 66.9 Å². The first kappa shape index (κ1) is 23.2. The highest BCUT2D eigenvalue weighted by Crippen LogP contribution is 2.27. The van der Waals surface area contributed by atoms with Crippen molar-refractivity contribution < 1.29 is 0 Å². The third-order valence-electron chi connectivity index (χ3n) is 6.12. The molecule has 36 heavy (non-hydrogen) atoms. The van der Waals surface area contributed by atoms with Crippen LogP contribution in [-0.4, -0.2) is 62.4 Å². The highest BCUT2D eigenvalue weighted by molar-refractivity contribution is 5.70. The molecule has 0 aliphatic carbocycles. The molecule has 2 aromatic heterocycles. The van der Waals surface area contributed by atoms with E-state index < -0.39 is 0 Å². The number of piperazine rings is 1. The molecule has 3 heterocycles. The Morgan fingerprint density at radius 2 is 1.83 bits per heavy atom. The van der Waals surface area contributed by atoms with Gasteiger partial charge in [0, 0.05) is 55.9 Å². The molecule has 1 aliphatic rings. The largest absolute Gasteiger partial charge is 0.369 e. The maximum absolute atomic E-state index is 9.66. The lowest BCUT2D eigenvalue weighted by molar-refractivity contribution is 0.284. The van der Waals surface area contributed by atoms with Gasteiger partial charge in [-0.25, -0.2) is 19.6 Å². The Morgan fingerprint density at radius 3 is 2.53 bits per heavy atom. The van der Waals surface area contributed by atoms with Crippen molar-refractivity contribution in [2.45, 2.75) is 6.92 Å². The summed E-state index contributed by atoms with van der Waals surface area (Å²) in [6.07, 6.45) is 5.36. The Labute approximate surface area is 210 Å². The maximum atomic E-state index is 9.66. The minimum absolute atomic E-state index is 0.485. The van der Waals surface area contributed by atoms with Gasteiger partial charge in [-0.2, -0.15) is 10.4 Å². The van der Waals surface area contributed by atoms with Gasteiger partial charge in [0.15, 0.2) is 0 Å². The molecule has 1 saturated heterocycles. The molecule has 9 nitrogen and oxygen atoms in total. The van der Waals surface area contributed by atoms with Crippen LogP contribution in [0.2, 0.25) is 0 Å². The van der Waals surface area contributed by atoms with Crippen LogP contribution in [0.3, 0.4) is 0 Å². The molecule has 0 unspecified atom stereocenters. The molecule has 4 aromatic rings. The Hall–Kier alpha value is -4.55. The number of hydrogen-bond acceptors (Lipinski definition) is 8. The van der Waals surface area contributed by atoms with Gasteiger partial charge in [-0.1, -0.05) is 6.08 Å². The second-order valence-corrected chi connectivity index (χ2v) is 8.63. The zero-order valence-corrected chi connectivity index (χ0v) is 20.2. The van der Waals surface area contributed by atoms with Gasteiger partial charge in [0.2, 0.25) is 5.95 Å². The van der Waals surface area contributed by atoms with E-state index >= 15 is 0 Å². The summed E-state index contributed by atoms with van der Waals surface area (Å²) in [4.78, 5) is 18.0. The molecule has 0 atom stereocenters. The SMILES string of the molecule is C=CCN1CCN(c2cc(C#N)cc(-c3ccnc(Nc4ccc(-n5cnc(C)n5)cc4)n3)c2)CC1. The molecule has 0 radical (unpaired) electrons. The number of anilines is 3. The van der Waals surface area contributed by atoms with Gasteiger partial charge < -0.3 is 10.2 Å². The Kier molecular flexibility index (Phi) is 6.69. The summed E-state index contributed by atoms with van der Waals surface area (Å²) in [6, 6.07) is 17.9. The van der Waals surface area contributed by atoms with Crippen LogP contribution >= 0.6 is 0 Å². The van der Waals surface area contributed by atoms with E-state index in [1.54, 1.807) is 17.2 Å². The normalized spacial score (nSPS) is 13.8. The topological polar surface area (TPSA) is 98.8 Å². The number of nitrogens with zero attached hydrogens (tertiary/aromatic N) is 8. The first-order chi connectivity index (χ1) is 17.6. The van der Waals surface area contributed by atoms with Crippen LogP contribution in [0.5, 0.6) is 0 Å². The fraction of sp³-hybridized carbons (Fsp3) is 0.222. The predicted molar refractivity (Wildman–Crippen MR) is 140 cm³/mol. The Balaban J connectivity index is 1.35. The number of benzene rings is 2. The molecule has 0 bridgehead atoms. The van der Waals surface area contributed by atoms with Crippen LogP contribution in [0.15, 0.2) is 73.7 Å². The predicted octanol–water partition coefficient (Wildman–Crippen LogP) is 3.96. The molecule has 0 amide bonds. The zero-order chi connectivity index (χ0) is 24.9. The molecule has 9 heteroatoms. The van der Waals surface area contributed by atoms with Crippen molar-refractivity contribution in [1.29, 1.82) is 5.26 Å². The molecule has 1 aliphatic heterocycles. The molecule has 0 saturated carbocycles. The fourth-order valence-corrected chi connectivity index (χ4v) is 4.25. The van der Waals surface area contributed by atoms with Crippen LogP contribution in [0.1, 0.15) is 11.4 Å². The summed E-state index contributed by atoms with van der Waals surface area (Å²) in [6.45, 7) is 10.3. The number of nitrogens with one attached hydrogen (secondary N) is 1. The molecule has 180 valence electrons. The van der Waals surface area contributed by atoms with E-state index in [0.29, 0.717) is 11.5 Å². The standard InChI is InChI=1S/C27H27N9/c1-3-10-34-11-13-35(14-12-34)25-16-21(18-28)15-22(17-25)26-8-9-29-27(32-26)31-23-4-6-24(7-5-23)36-19-30-20(2)33-36/h3-9,15-17,19H,1,10-14H2,2H3,(H,29,31,32). The maximum Gasteiger partial charge on any atom is 0.227 e. The summed E-state index contributed by atoms with van der Waals surface area (Å²) in [5.41, 5.74) is 5.07. The molecule has 5 rings (SSSR count). The zero-order valence-electron chi connectivity index (χ0n) is 20.2. The summed E-state index contributed by atoms with van der Waals surface area (Å²) in [7, 11) is 0. The molecule has 1 N–H and O–H groups in total. The van der Waals surface area contributed by atoms with Crippen molar-refractivity contribution in [2.75, 3.05) is 42.9 Å². The van der Waals surface area contributed by atoms with E-state index in [2.05, 4.69) is 48.9 Å². The summed E-state index contributed by atoms with van der Waals surface area (Å²) < 4.78 is 1.73. The smallest absolute Gasteiger partial charge is 0.227 e. The van der Waals surface area contributed by atoms with E-state index in [1.807, 2.05) is 55.5 Å². The van der Waals surface area contributed by atoms with Gasteiger partial charge in [-0.15, -0.1) is 6.58 Å². The lowest BCUT2D eigenvalue weighted by Crippen LogP contribution is -2.46. The van der Waals surface area contributed by atoms with Gasteiger partial charge in [-0.3, -0.25) is 4.90 Å². The third kappa shape index (κ3) is 5.24. The summed E-state index contributed by atoms with van der Waals surface area (Å²) in [5.74, 6) is 1.21. The van der Waals surface area contributed by atoms with Gasteiger partial charge >= 0.3 is 0 Å². The molecular weight excluding hydrogens is 450 g/mol. The summed E-state index contributed by atoms with van der Waals surface area (Å²) >= 11 is 0. The second kappa shape index (κ2) is 10.4. The van der Waals surface area contributed by atoms with Crippen molar-refractivity contribution in [3.8, 4) is 23.0 Å².